The molecule has 1 heterocycles. The molecule has 55 valence electrons. The highest BCUT2D eigenvalue weighted by Crippen LogP contribution is 2.18. The van der Waals surface area contributed by atoms with Crippen LogP contribution in [0.1, 0.15) is 0 Å². The molecular formula is C8H8N3. The van der Waals surface area contributed by atoms with Gasteiger partial charge >= 0.3 is 0 Å². The topological polar surface area (TPSA) is 40.7 Å². The molecule has 2 rings (SSSR count). The number of nitrogens with zero attached hydrogens (tertiary/aromatic N) is 1. The highest BCUT2D eigenvalue weighted by atomic mass is 15.2. The molecule has 0 saturated heterocycles. The van der Waals surface area contributed by atoms with Crippen LogP contribution in [-0.4, -0.2) is 10.2 Å². The maximum absolute atomic E-state index is 4.02. The number of para-hydroxylation sites is 1. The summed E-state index contributed by atoms with van der Waals surface area (Å²) in [6.07, 6.45) is 0. The van der Waals surface area contributed by atoms with Gasteiger partial charge in [-0.2, -0.15) is 5.10 Å². The number of hydrogen-bond donors (Lipinski definition) is 2. The summed E-state index contributed by atoms with van der Waals surface area (Å²) < 4.78 is 0. The monoisotopic (exact) mass is 146 g/mol. The third-order valence-corrected chi connectivity index (χ3v) is 1.64. The molecule has 0 amide bonds. The van der Waals surface area contributed by atoms with Gasteiger partial charge in [0.15, 0.2) is 5.82 Å². The first-order valence-corrected chi connectivity index (χ1v) is 3.38. The Morgan fingerprint density at radius 1 is 1.36 bits per heavy atom. The van der Waals surface area contributed by atoms with Crippen LogP contribution in [0.4, 0.5) is 5.82 Å². The Morgan fingerprint density at radius 2 is 2.18 bits per heavy atom. The average molecular weight is 146 g/mol. The lowest BCUT2D eigenvalue weighted by molar-refractivity contribution is 1.12. The van der Waals surface area contributed by atoms with Gasteiger partial charge in [-0.25, -0.2) is 0 Å². The van der Waals surface area contributed by atoms with Gasteiger partial charge in [0.2, 0.25) is 0 Å². The molecule has 0 fully saturated rings. The van der Waals surface area contributed by atoms with Crippen molar-refractivity contribution in [2.24, 2.45) is 0 Å². The molecule has 0 bridgehead atoms. The van der Waals surface area contributed by atoms with E-state index in [1.165, 1.54) is 0 Å². The molecule has 1 aromatic carbocycles. The molecule has 2 N–H and O–H groups in total. The first-order valence-electron chi connectivity index (χ1n) is 3.38. The van der Waals surface area contributed by atoms with Crippen LogP contribution in [0.25, 0.3) is 10.9 Å². The van der Waals surface area contributed by atoms with Crippen molar-refractivity contribution in [3.8, 4) is 0 Å². The zero-order valence-electron chi connectivity index (χ0n) is 5.96. The Bertz CT molecular complexity index is 364. The normalized spacial score (nSPS) is 10.3. The van der Waals surface area contributed by atoms with E-state index in [2.05, 4.69) is 22.6 Å². The van der Waals surface area contributed by atoms with Crippen molar-refractivity contribution in [2.45, 2.75) is 0 Å². The fourth-order valence-electron chi connectivity index (χ4n) is 1.10. The number of aromatic amines is 1. The molecule has 1 aromatic heterocycles. The second-order valence-electron chi connectivity index (χ2n) is 2.29. The second-order valence-corrected chi connectivity index (χ2v) is 2.29. The SMILES string of the molecule is [CH2]Nc1n[nH]c2ccccc12. The highest BCUT2D eigenvalue weighted by Gasteiger charge is 1.99. The molecule has 0 aliphatic carbocycles. The van der Waals surface area contributed by atoms with E-state index in [9.17, 15) is 0 Å². The Kier molecular flexibility index (Phi) is 1.28. The number of hydrogen-bond acceptors (Lipinski definition) is 2. The Hall–Kier alpha value is -1.51. The van der Waals surface area contributed by atoms with E-state index in [0.29, 0.717) is 0 Å². The number of rotatable bonds is 1. The summed E-state index contributed by atoms with van der Waals surface area (Å²) in [5, 5.41) is 10.7. The van der Waals surface area contributed by atoms with Crippen molar-refractivity contribution < 1.29 is 0 Å². The number of benzene rings is 1. The van der Waals surface area contributed by atoms with Gasteiger partial charge in [-0.05, 0) is 12.1 Å². The molecule has 0 aliphatic heterocycles. The van der Waals surface area contributed by atoms with Crippen molar-refractivity contribution in [3.05, 3.63) is 31.3 Å². The Labute approximate surface area is 64.4 Å². The quantitative estimate of drug-likeness (QED) is 0.643. The predicted octanol–water partition coefficient (Wildman–Crippen LogP) is 1.77. The molecule has 3 heteroatoms. The van der Waals surface area contributed by atoms with Crippen molar-refractivity contribution in [1.82, 2.24) is 10.2 Å². The van der Waals surface area contributed by atoms with Crippen LogP contribution in [0.2, 0.25) is 0 Å². The van der Waals surface area contributed by atoms with E-state index >= 15 is 0 Å². The van der Waals surface area contributed by atoms with Crippen molar-refractivity contribution in [2.75, 3.05) is 5.32 Å². The van der Waals surface area contributed by atoms with Gasteiger partial charge in [0.1, 0.15) is 0 Å². The summed E-state index contributed by atoms with van der Waals surface area (Å²) in [4.78, 5) is 0. The van der Waals surface area contributed by atoms with Crippen molar-refractivity contribution >= 4 is 16.7 Å². The minimum Gasteiger partial charge on any atom is -0.366 e. The minimum atomic E-state index is 0.792. The molecule has 0 unspecified atom stereocenters. The van der Waals surface area contributed by atoms with Gasteiger partial charge in [0.05, 0.1) is 5.52 Å². The van der Waals surface area contributed by atoms with Crippen LogP contribution in [0.5, 0.6) is 0 Å². The maximum Gasteiger partial charge on any atom is 0.155 e. The molecule has 2 aromatic rings. The van der Waals surface area contributed by atoms with Crippen LogP contribution in [0.3, 0.4) is 0 Å². The second kappa shape index (κ2) is 2.27. The molecular weight excluding hydrogens is 138 g/mol. The van der Waals surface area contributed by atoms with E-state index < -0.39 is 0 Å². The van der Waals surface area contributed by atoms with Crippen molar-refractivity contribution in [3.63, 3.8) is 0 Å². The summed E-state index contributed by atoms with van der Waals surface area (Å²) in [5.41, 5.74) is 1.03. The fourth-order valence-corrected chi connectivity index (χ4v) is 1.10. The number of anilines is 1. The van der Waals surface area contributed by atoms with Gasteiger partial charge in [-0.3, -0.25) is 5.10 Å². The van der Waals surface area contributed by atoms with Crippen LogP contribution in [0.15, 0.2) is 24.3 Å². The van der Waals surface area contributed by atoms with Crippen LogP contribution < -0.4 is 5.32 Å². The Morgan fingerprint density at radius 3 is 3.00 bits per heavy atom. The highest BCUT2D eigenvalue weighted by molar-refractivity contribution is 5.89. The van der Waals surface area contributed by atoms with Crippen LogP contribution in [0, 0.1) is 7.05 Å². The van der Waals surface area contributed by atoms with Gasteiger partial charge in [-0.15, -0.1) is 0 Å². The largest absolute Gasteiger partial charge is 0.366 e. The van der Waals surface area contributed by atoms with Gasteiger partial charge in [0, 0.05) is 12.4 Å². The lowest BCUT2D eigenvalue weighted by Gasteiger charge is -1.91. The molecule has 0 saturated carbocycles. The van der Waals surface area contributed by atoms with Gasteiger partial charge < -0.3 is 5.32 Å². The summed E-state index contributed by atoms with van der Waals surface area (Å²) in [7, 11) is 3.55. The summed E-state index contributed by atoms with van der Waals surface area (Å²) in [5.74, 6) is 0.792. The lowest BCUT2D eigenvalue weighted by atomic mass is 10.2. The molecule has 3 nitrogen and oxygen atoms in total. The number of H-pyrrole nitrogens is 1. The molecule has 11 heavy (non-hydrogen) atoms. The van der Waals surface area contributed by atoms with E-state index in [4.69, 9.17) is 0 Å². The van der Waals surface area contributed by atoms with Gasteiger partial charge in [-0.1, -0.05) is 12.1 Å². The predicted molar refractivity (Wildman–Crippen MR) is 45.1 cm³/mol. The van der Waals surface area contributed by atoms with E-state index in [1.54, 1.807) is 0 Å². The molecule has 0 aliphatic rings. The standard InChI is InChI=1S/C8H8N3/c1-9-8-6-4-2-3-5-7(6)10-11-8/h2-5H,1H2,(H2,9,10,11). The first kappa shape index (κ1) is 6.22. The molecule has 0 atom stereocenters. The Balaban J connectivity index is 2.76. The zero-order chi connectivity index (χ0) is 7.68. The van der Waals surface area contributed by atoms with Crippen LogP contribution >= 0.6 is 0 Å². The van der Waals surface area contributed by atoms with E-state index in [-0.39, 0.29) is 0 Å². The van der Waals surface area contributed by atoms with Crippen molar-refractivity contribution in [1.29, 1.82) is 0 Å². The third-order valence-electron chi connectivity index (χ3n) is 1.64. The maximum atomic E-state index is 4.02. The summed E-state index contributed by atoms with van der Waals surface area (Å²) in [6, 6.07) is 7.90. The third kappa shape index (κ3) is 0.852. The smallest absolute Gasteiger partial charge is 0.155 e. The number of aromatic nitrogens is 2. The number of nitrogens with one attached hydrogen (secondary N) is 2. The van der Waals surface area contributed by atoms with E-state index in [1.807, 2.05) is 24.3 Å². The first-order chi connectivity index (χ1) is 5.42. The zero-order valence-corrected chi connectivity index (χ0v) is 5.96. The van der Waals surface area contributed by atoms with Gasteiger partial charge in [0.25, 0.3) is 0 Å². The fraction of sp³-hybridized carbons (Fsp3) is 0. The summed E-state index contributed by atoms with van der Waals surface area (Å²) in [6.45, 7) is 0. The molecule has 0 spiro atoms. The molecule has 1 radical (unpaired) electrons. The number of fused-ring (bicyclic) bond motifs is 1. The average Bonchev–Trinajstić information content (AvgIpc) is 2.47. The van der Waals surface area contributed by atoms with Crippen LogP contribution in [-0.2, 0) is 0 Å². The minimum absolute atomic E-state index is 0.792. The lowest BCUT2D eigenvalue weighted by Crippen LogP contribution is -1.83. The van der Waals surface area contributed by atoms with E-state index in [0.717, 1.165) is 16.7 Å². The summed E-state index contributed by atoms with van der Waals surface area (Å²) >= 11 is 0.